The SMILES string of the molecule is N[S+]1C=CN(c2ccccc2)C1. The molecule has 2 rings (SSSR count). The zero-order chi connectivity index (χ0) is 8.39. The lowest BCUT2D eigenvalue weighted by Gasteiger charge is -2.10. The first kappa shape index (κ1) is 7.71. The monoisotopic (exact) mass is 179 g/mol. The molecule has 1 heterocycles. The molecule has 1 aromatic carbocycles. The Morgan fingerprint density at radius 1 is 1.25 bits per heavy atom. The Balaban J connectivity index is 2.18. The summed E-state index contributed by atoms with van der Waals surface area (Å²) in [5, 5.41) is 7.81. The van der Waals surface area contributed by atoms with E-state index in [0.717, 1.165) is 5.88 Å². The first-order valence-corrected chi connectivity index (χ1v) is 5.32. The van der Waals surface area contributed by atoms with Crippen LogP contribution in [-0.2, 0) is 11.1 Å². The van der Waals surface area contributed by atoms with E-state index in [1.807, 2.05) is 23.6 Å². The lowest BCUT2D eigenvalue weighted by Crippen LogP contribution is -2.21. The van der Waals surface area contributed by atoms with Crippen molar-refractivity contribution in [3.63, 3.8) is 0 Å². The number of nitrogens with zero attached hydrogens (tertiary/aromatic N) is 1. The van der Waals surface area contributed by atoms with E-state index in [9.17, 15) is 0 Å². The summed E-state index contributed by atoms with van der Waals surface area (Å²) in [6, 6.07) is 10.3. The number of nitrogens with two attached hydrogens (primary N) is 1. The molecular weight excluding hydrogens is 168 g/mol. The Morgan fingerprint density at radius 2 is 2.00 bits per heavy atom. The number of hydrogen-bond acceptors (Lipinski definition) is 2. The minimum atomic E-state index is -0.0580. The normalized spacial score (nSPS) is 21.8. The van der Waals surface area contributed by atoms with Gasteiger partial charge < -0.3 is 0 Å². The molecule has 2 nitrogen and oxygen atoms in total. The smallest absolute Gasteiger partial charge is 0.209 e. The second kappa shape index (κ2) is 3.21. The summed E-state index contributed by atoms with van der Waals surface area (Å²) in [4.78, 5) is 2.17. The Labute approximate surface area is 75.2 Å². The van der Waals surface area contributed by atoms with E-state index in [1.165, 1.54) is 5.69 Å². The van der Waals surface area contributed by atoms with Gasteiger partial charge in [-0.25, -0.2) is 0 Å². The average molecular weight is 179 g/mol. The third kappa shape index (κ3) is 1.47. The van der Waals surface area contributed by atoms with Gasteiger partial charge in [0.15, 0.2) is 5.41 Å². The first-order valence-electron chi connectivity index (χ1n) is 3.80. The number of anilines is 1. The molecule has 2 N–H and O–H groups in total. The van der Waals surface area contributed by atoms with Crippen LogP contribution in [0.2, 0.25) is 0 Å². The summed E-state index contributed by atoms with van der Waals surface area (Å²) in [6.07, 6.45) is 2.05. The van der Waals surface area contributed by atoms with Gasteiger partial charge in [0.25, 0.3) is 0 Å². The van der Waals surface area contributed by atoms with Crippen LogP contribution >= 0.6 is 0 Å². The lowest BCUT2D eigenvalue weighted by atomic mass is 10.3. The van der Waals surface area contributed by atoms with Gasteiger partial charge in [-0.05, 0) is 12.1 Å². The molecule has 12 heavy (non-hydrogen) atoms. The Morgan fingerprint density at radius 3 is 2.58 bits per heavy atom. The molecule has 0 spiro atoms. The van der Waals surface area contributed by atoms with E-state index >= 15 is 0 Å². The van der Waals surface area contributed by atoms with Gasteiger partial charge in [0.2, 0.25) is 5.88 Å². The van der Waals surface area contributed by atoms with Gasteiger partial charge in [-0.2, -0.15) is 0 Å². The van der Waals surface area contributed by atoms with Crippen molar-refractivity contribution < 1.29 is 0 Å². The molecule has 1 unspecified atom stereocenters. The van der Waals surface area contributed by atoms with E-state index in [1.54, 1.807) is 0 Å². The van der Waals surface area contributed by atoms with Crippen LogP contribution in [0.15, 0.2) is 41.9 Å². The van der Waals surface area contributed by atoms with Crippen molar-refractivity contribution in [1.82, 2.24) is 0 Å². The van der Waals surface area contributed by atoms with Gasteiger partial charge in [-0.3, -0.25) is 4.90 Å². The van der Waals surface area contributed by atoms with Crippen LogP contribution in [0.1, 0.15) is 0 Å². The summed E-state index contributed by atoms with van der Waals surface area (Å²) in [7, 11) is 0. The summed E-state index contributed by atoms with van der Waals surface area (Å²) in [6.45, 7) is 0. The molecule has 0 saturated heterocycles. The zero-order valence-electron chi connectivity index (χ0n) is 6.68. The van der Waals surface area contributed by atoms with Gasteiger partial charge in [-0.15, -0.1) is 5.14 Å². The minimum absolute atomic E-state index is 0.0580. The number of benzene rings is 1. The molecule has 1 aliphatic rings. The standard InChI is InChI=1S/C9H11N2S/c10-12-7-6-11(8-12)9-4-2-1-3-5-9/h1-7H,8,10H2/q+1. The summed E-state index contributed by atoms with van der Waals surface area (Å²) >= 11 is -0.0580. The summed E-state index contributed by atoms with van der Waals surface area (Å²) < 4.78 is 0. The van der Waals surface area contributed by atoms with Crippen molar-refractivity contribution in [1.29, 1.82) is 0 Å². The van der Waals surface area contributed by atoms with Crippen molar-refractivity contribution in [2.75, 3.05) is 10.8 Å². The maximum atomic E-state index is 5.76. The highest BCUT2D eigenvalue weighted by atomic mass is 32.2. The van der Waals surface area contributed by atoms with Crippen LogP contribution in [0.25, 0.3) is 0 Å². The van der Waals surface area contributed by atoms with Crippen LogP contribution in [0.4, 0.5) is 5.69 Å². The fourth-order valence-corrected chi connectivity index (χ4v) is 2.12. The first-order chi connectivity index (χ1) is 5.86. The Hall–Kier alpha value is -0.930. The fraction of sp³-hybridized carbons (Fsp3) is 0.111. The van der Waals surface area contributed by atoms with Crippen molar-refractivity contribution in [2.24, 2.45) is 5.14 Å². The molecule has 0 bridgehead atoms. The molecule has 1 aliphatic heterocycles. The predicted octanol–water partition coefficient (Wildman–Crippen LogP) is 1.43. The van der Waals surface area contributed by atoms with Crippen molar-refractivity contribution in [3.8, 4) is 0 Å². The van der Waals surface area contributed by atoms with Crippen LogP contribution in [-0.4, -0.2) is 5.88 Å². The second-order valence-corrected chi connectivity index (χ2v) is 4.16. The molecule has 0 aromatic heterocycles. The lowest BCUT2D eigenvalue weighted by molar-refractivity contribution is 1.18. The second-order valence-electron chi connectivity index (χ2n) is 2.69. The molecule has 1 atom stereocenters. The Kier molecular flexibility index (Phi) is 2.06. The van der Waals surface area contributed by atoms with E-state index in [2.05, 4.69) is 23.2 Å². The summed E-state index contributed by atoms with van der Waals surface area (Å²) in [5.41, 5.74) is 1.22. The third-order valence-corrected chi connectivity index (χ3v) is 2.84. The van der Waals surface area contributed by atoms with Crippen molar-refractivity contribution >= 4 is 16.8 Å². The molecule has 0 amide bonds. The zero-order valence-corrected chi connectivity index (χ0v) is 7.50. The molecular formula is C9H11N2S+. The number of hydrogen-bond donors (Lipinski definition) is 1. The highest BCUT2D eigenvalue weighted by Crippen LogP contribution is 2.18. The van der Waals surface area contributed by atoms with Gasteiger partial charge in [0.05, 0.1) is 6.20 Å². The maximum absolute atomic E-state index is 5.76. The number of para-hydroxylation sites is 1. The largest absolute Gasteiger partial charge is 0.299 e. The highest BCUT2D eigenvalue weighted by Gasteiger charge is 2.21. The fourth-order valence-electron chi connectivity index (χ4n) is 1.18. The average Bonchev–Trinajstić information content (AvgIpc) is 2.54. The highest BCUT2D eigenvalue weighted by molar-refractivity contribution is 7.97. The predicted molar refractivity (Wildman–Crippen MR) is 54.5 cm³/mol. The Bertz CT molecular complexity index is 284. The van der Waals surface area contributed by atoms with Crippen LogP contribution in [0, 0.1) is 0 Å². The minimum Gasteiger partial charge on any atom is -0.299 e. The third-order valence-electron chi connectivity index (χ3n) is 1.79. The van der Waals surface area contributed by atoms with E-state index in [-0.39, 0.29) is 11.1 Å². The van der Waals surface area contributed by atoms with Crippen LogP contribution in [0.3, 0.4) is 0 Å². The summed E-state index contributed by atoms with van der Waals surface area (Å²) in [5.74, 6) is 0.921. The molecule has 0 saturated carbocycles. The number of rotatable bonds is 1. The van der Waals surface area contributed by atoms with Crippen LogP contribution in [0.5, 0.6) is 0 Å². The maximum Gasteiger partial charge on any atom is 0.209 e. The van der Waals surface area contributed by atoms with E-state index in [4.69, 9.17) is 5.14 Å². The van der Waals surface area contributed by atoms with Gasteiger partial charge in [0, 0.05) is 5.69 Å². The van der Waals surface area contributed by atoms with E-state index < -0.39 is 0 Å². The van der Waals surface area contributed by atoms with Crippen molar-refractivity contribution in [2.45, 2.75) is 0 Å². The van der Waals surface area contributed by atoms with Crippen molar-refractivity contribution in [3.05, 3.63) is 41.9 Å². The molecule has 1 aromatic rings. The topological polar surface area (TPSA) is 29.3 Å². The quantitative estimate of drug-likeness (QED) is 0.661. The molecule has 62 valence electrons. The van der Waals surface area contributed by atoms with Gasteiger partial charge in [0.1, 0.15) is 11.1 Å². The van der Waals surface area contributed by atoms with Gasteiger partial charge >= 0.3 is 0 Å². The molecule has 3 heteroatoms. The van der Waals surface area contributed by atoms with Gasteiger partial charge in [-0.1, -0.05) is 18.2 Å². The molecule has 0 aliphatic carbocycles. The van der Waals surface area contributed by atoms with E-state index in [0.29, 0.717) is 0 Å². The molecule has 0 radical (unpaired) electrons. The van der Waals surface area contributed by atoms with Crippen LogP contribution < -0.4 is 10.0 Å². The molecule has 0 fully saturated rings.